The first-order valence-corrected chi connectivity index (χ1v) is 10.4. The summed E-state index contributed by atoms with van der Waals surface area (Å²) in [5, 5.41) is 6.33. The third kappa shape index (κ3) is 5.47. The van der Waals surface area contributed by atoms with E-state index in [2.05, 4.69) is 15.6 Å². The molecule has 3 rings (SSSR count). The van der Waals surface area contributed by atoms with Crippen LogP contribution in [-0.2, 0) is 16.1 Å². The molecule has 1 aromatic carbocycles. The van der Waals surface area contributed by atoms with Gasteiger partial charge in [-0.05, 0) is 50.3 Å². The van der Waals surface area contributed by atoms with E-state index in [0.29, 0.717) is 18.9 Å². The van der Waals surface area contributed by atoms with E-state index in [9.17, 15) is 9.59 Å². The second kappa shape index (κ2) is 10.1. The van der Waals surface area contributed by atoms with Crippen molar-refractivity contribution >= 4 is 23.5 Å². The smallest absolute Gasteiger partial charge is 0.241 e. The van der Waals surface area contributed by atoms with Gasteiger partial charge in [0.05, 0.1) is 13.1 Å². The van der Waals surface area contributed by atoms with E-state index in [1.54, 1.807) is 0 Å². The minimum absolute atomic E-state index is 0.130. The number of amides is 2. The van der Waals surface area contributed by atoms with Gasteiger partial charge < -0.3 is 20.4 Å². The van der Waals surface area contributed by atoms with Gasteiger partial charge in [0, 0.05) is 38.3 Å². The van der Waals surface area contributed by atoms with Gasteiger partial charge >= 0.3 is 0 Å². The largest absolute Gasteiger partial charge is 0.357 e. The van der Waals surface area contributed by atoms with Crippen LogP contribution in [0.4, 0.5) is 5.69 Å². The molecule has 2 heterocycles. The molecule has 0 aliphatic carbocycles. The van der Waals surface area contributed by atoms with Crippen molar-refractivity contribution in [1.29, 1.82) is 0 Å². The lowest BCUT2D eigenvalue weighted by Crippen LogP contribution is -2.46. The van der Waals surface area contributed by atoms with E-state index >= 15 is 0 Å². The van der Waals surface area contributed by atoms with Gasteiger partial charge in [0.2, 0.25) is 11.8 Å². The Morgan fingerprint density at radius 2 is 1.79 bits per heavy atom. The van der Waals surface area contributed by atoms with E-state index in [-0.39, 0.29) is 18.4 Å². The standard InChI is InChI=1S/C21H31N5O2/c1-2-22-21(24-16-20(28)25-12-4-3-5-13-25)23-15-17-8-10-18(11-9-17)26-14-6-7-19(26)27/h8-11H,2-7,12-16H2,1H3,(H2,22,23,24). The van der Waals surface area contributed by atoms with Crippen molar-refractivity contribution in [2.75, 3.05) is 37.6 Å². The number of nitrogens with one attached hydrogen (secondary N) is 2. The number of likely N-dealkylation sites (tertiary alicyclic amines) is 1. The summed E-state index contributed by atoms with van der Waals surface area (Å²) in [5.41, 5.74) is 2.02. The fourth-order valence-electron chi connectivity index (χ4n) is 3.63. The van der Waals surface area contributed by atoms with Crippen molar-refractivity contribution in [2.24, 2.45) is 4.99 Å². The molecule has 0 radical (unpaired) electrons. The van der Waals surface area contributed by atoms with Gasteiger partial charge in [-0.15, -0.1) is 0 Å². The van der Waals surface area contributed by atoms with Crippen molar-refractivity contribution in [1.82, 2.24) is 15.5 Å². The Hall–Kier alpha value is -2.57. The average Bonchev–Trinajstić information content (AvgIpc) is 3.16. The molecular weight excluding hydrogens is 354 g/mol. The molecule has 28 heavy (non-hydrogen) atoms. The molecule has 0 saturated carbocycles. The lowest BCUT2D eigenvalue weighted by atomic mass is 10.1. The number of guanidine groups is 1. The molecule has 2 N–H and O–H groups in total. The van der Waals surface area contributed by atoms with Gasteiger partial charge in [0.15, 0.2) is 5.96 Å². The van der Waals surface area contributed by atoms with Crippen LogP contribution in [-0.4, -0.2) is 55.4 Å². The number of rotatable bonds is 6. The highest BCUT2D eigenvalue weighted by Gasteiger charge is 2.21. The third-order valence-corrected chi connectivity index (χ3v) is 5.20. The molecule has 1 aromatic rings. The molecule has 7 nitrogen and oxygen atoms in total. The van der Waals surface area contributed by atoms with Crippen molar-refractivity contribution < 1.29 is 9.59 Å². The number of piperidine rings is 1. The van der Waals surface area contributed by atoms with Crippen molar-refractivity contribution in [3.8, 4) is 0 Å². The summed E-state index contributed by atoms with van der Waals surface area (Å²) in [6, 6.07) is 7.97. The van der Waals surface area contributed by atoms with Crippen molar-refractivity contribution in [2.45, 2.75) is 45.6 Å². The molecule has 2 amide bonds. The normalized spacial score (nSPS) is 17.8. The fraction of sp³-hybridized carbons (Fsp3) is 0.571. The first-order chi connectivity index (χ1) is 13.7. The fourth-order valence-corrected chi connectivity index (χ4v) is 3.63. The number of benzene rings is 1. The van der Waals surface area contributed by atoms with E-state index in [4.69, 9.17) is 0 Å². The second-order valence-corrected chi connectivity index (χ2v) is 7.31. The maximum Gasteiger partial charge on any atom is 0.241 e. The van der Waals surface area contributed by atoms with Crippen LogP contribution in [0.3, 0.4) is 0 Å². The zero-order valence-electron chi connectivity index (χ0n) is 16.7. The molecular formula is C21H31N5O2. The summed E-state index contributed by atoms with van der Waals surface area (Å²) in [6.07, 6.45) is 4.97. The molecule has 2 fully saturated rings. The summed E-state index contributed by atoms with van der Waals surface area (Å²) in [4.78, 5) is 32.5. The Balaban J connectivity index is 1.53. The van der Waals surface area contributed by atoms with E-state index < -0.39 is 0 Å². The molecule has 0 unspecified atom stereocenters. The van der Waals surface area contributed by atoms with Crippen LogP contribution < -0.4 is 15.5 Å². The minimum Gasteiger partial charge on any atom is -0.357 e. The molecule has 0 spiro atoms. The third-order valence-electron chi connectivity index (χ3n) is 5.20. The van der Waals surface area contributed by atoms with Crippen LogP contribution in [0.5, 0.6) is 0 Å². The molecule has 2 aliphatic rings. The first-order valence-electron chi connectivity index (χ1n) is 10.4. The maximum atomic E-state index is 12.3. The lowest BCUT2D eigenvalue weighted by molar-refractivity contribution is -0.130. The maximum absolute atomic E-state index is 12.3. The van der Waals surface area contributed by atoms with Crippen LogP contribution in [0.2, 0.25) is 0 Å². The summed E-state index contributed by atoms with van der Waals surface area (Å²) in [7, 11) is 0. The van der Waals surface area contributed by atoms with E-state index in [0.717, 1.165) is 56.7 Å². The van der Waals surface area contributed by atoms with Crippen LogP contribution in [0.15, 0.2) is 29.3 Å². The Kier molecular flexibility index (Phi) is 7.28. The van der Waals surface area contributed by atoms with Gasteiger partial charge in [0.25, 0.3) is 0 Å². The number of nitrogens with zero attached hydrogens (tertiary/aromatic N) is 3. The van der Waals surface area contributed by atoms with Gasteiger partial charge in [-0.25, -0.2) is 4.99 Å². The molecule has 2 aliphatic heterocycles. The number of anilines is 1. The molecule has 0 aromatic heterocycles. The zero-order chi connectivity index (χ0) is 19.8. The number of aliphatic imine (C=N–C) groups is 1. The Morgan fingerprint density at radius 1 is 1.04 bits per heavy atom. The summed E-state index contributed by atoms with van der Waals surface area (Å²) < 4.78 is 0. The highest BCUT2D eigenvalue weighted by molar-refractivity contribution is 5.95. The Bertz CT molecular complexity index is 695. The summed E-state index contributed by atoms with van der Waals surface area (Å²) in [6.45, 7) is 6.05. The van der Waals surface area contributed by atoms with Gasteiger partial charge in [-0.1, -0.05) is 12.1 Å². The highest BCUT2D eigenvalue weighted by Crippen LogP contribution is 2.21. The van der Waals surface area contributed by atoms with Gasteiger partial charge in [-0.2, -0.15) is 0 Å². The quantitative estimate of drug-likeness (QED) is 0.579. The average molecular weight is 386 g/mol. The predicted octanol–water partition coefficient (Wildman–Crippen LogP) is 1.88. The summed E-state index contributed by atoms with van der Waals surface area (Å²) >= 11 is 0. The van der Waals surface area contributed by atoms with E-state index in [1.807, 2.05) is 41.0 Å². The van der Waals surface area contributed by atoms with Crippen molar-refractivity contribution in [3.63, 3.8) is 0 Å². The van der Waals surface area contributed by atoms with Crippen LogP contribution in [0.1, 0.15) is 44.6 Å². The zero-order valence-corrected chi connectivity index (χ0v) is 16.7. The number of carbonyl (C=O) groups excluding carboxylic acids is 2. The summed E-state index contributed by atoms with van der Waals surface area (Å²) in [5.74, 6) is 0.972. The highest BCUT2D eigenvalue weighted by atomic mass is 16.2. The van der Waals surface area contributed by atoms with Crippen LogP contribution >= 0.6 is 0 Å². The first kappa shape index (κ1) is 20.2. The molecule has 7 heteroatoms. The SMILES string of the molecule is CCNC(=NCc1ccc(N2CCCC2=O)cc1)NCC(=O)N1CCCCC1. The van der Waals surface area contributed by atoms with Gasteiger partial charge in [-0.3, -0.25) is 9.59 Å². The Morgan fingerprint density at radius 3 is 2.43 bits per heavy atom. The molecule has 2 saturated heterocycles. The predicted molar refractivity (Wildman–Crippen MR) is 111 cm³/mol. The number of hydrogen-bond donors (Lipinski definition) is 2. The second-order valence-electron chi connectivity index (χ2n) is 7.31. The Labute approximate surface area is 167 Å². The monoisotopic (exact) mass is 385 g/mol. The van der Waals surface area contributed by atoms with Crippen molar-refractivity contribution in [3.05, 3.63) is 29.8 Å². The minimum atomic E-state index is 0.130. The lowest BCUT2D eigenvalue weighted by Gasteiger charge is -2.27. The number of hydrogen-bond acceptors (Lipinski definition) is 3. The van der Waals surface area contributed by atoms with Gasteiger partial charge in [0.1, 0.15) is 0 Å². The van der Waals surface area contributed by atoms with E-state index in [1.165, 1.54) is 6.42 Å². The van der Waals surface area contributed by atoms with Crippen LogP contribution in [0.25, 0.3) is 0 Å². The number of carbonyl (C=O) groups is 2. The molecule has 152 valence electrons. The molecule has 0 atom stereocenters. The molecule has 0 bridgehead atoms. The van der Waals surface area contributed by atoms with Crippen LogP contribution in [0, 0.1) is 0 Å². The topological polar surface area (TPSA) is 77.0 Å².